The minimum absolute atomic E-state index is 0.221. The second-order valence-corrected chi connectivity index (χ2v) is 4.61. The number of rotatable bonds is 4. The predicted octanol–water partition coefficient (Wildman–Crippen LogP) is 3.71. The number of benzene rings is 1. The van der Waals surface area contributed by atoms with Gasteiger partial charge in [0.15, 0.2) is 0 Å². The smallest absolute Gasteiger partial charge is 0.0606 e. The predicted molar refractivity (Wildman–Crippen MR) is 63.5 cm³/mol. The number of hydrogen-bond acceptors (Lipinski definition) is 1. The van der Waals surface area contributed by atoms with Crippen LogP contribution in [0.1, 0.15) is 38.2 Å². The van der Waals surface area contributed by atoms with Crippen molar-refractivity contribution in [2.75, 3.05) is 0 Å². The van der Waals surface area contributed by atoms with Gasteiger partial charge in [-0.15, -0.1) is 0 Å². The van der Waals surface area contributed by atoms with E-state index in [0.717, 1.165) is 17.3 Å². The van der Waals surface area contributed by atoms with Gasteiger partial charge in [0.25, 0.3) is 0 Å². The molecule has 0 saturated carbocycles. The Bertz CT molecular complexity index is 268. The van der Waals surface area contributed by atoms with Crippen molar-refractivity contribution in [2.45, 2.75) is 38.7 Å². The van der Waals surface area contributed by atoms with Gasteiger partial charge in [-0.25, -0.2) is 0 Å². The highest BCUT2D eigenvalue weighted by molar-refractivity contribution is 9.10. The SMILES string of the molecule is CCCC(O)C(C)c1ccc(Br)cc1. The summed E-state index contributed by atoms with van der Waals surface area (Å²) >= 11 is 3.40. The minimum atomic E-state index is -0.221. The van der Waals surface area contributed by atoms with E-state index in [0.29, 0.717) is 0 Å². The Morgan fingerprint density at radius 1 is 1.29 bits per heavy atom. The van der Waals surface area contributed by atoms with Crippen molar-refractivity contribution in [3.63, 3.8) is 0 Å². The van der Waals surface area contributed by atoms with Crippen molar-refractivity contribution < 1.29 is 5.11 Å². The molecular formula is C12H17BrO. The lowest BCUT2D eigenvalue weighted by Crippen LogP contribution is -2.15. The molecule has 1 aromatic carbocycles. The van der Waals surface area contributed by atoms with Crippen molar-refractivity contribution >= 4 is 15.9 Å². The third kappa shape index (κ3) is 3.10. The van der Waals surface area contributed by atoms with Crippen LogP contribution in [0.15, 0.2) is 28.7 Å². The van der Waals surface area contributed by atoms with Crippen LogP contribution in [0.3, 0.4) is 0 Å². The van der Waals surface area contributed by atoms with Gasteiger partial charge in [-0.2, -0.15) is 0 Å². The first-order chi connectivity index (χ1) is 6.65. The Labute approximate surface area is 94.3 Å². The fourth-order valence-corrected chi connectivity index (χ4v) is 1.80. The van der Waals surface area contributed by atoms with E-state index in [1.807, 2.05) is 12.1 Å². The van der Waals surface area contributed by atoms with Gasteiger partial charge in [0, 0.05) is 10.4 Å². The lowest BCUT2D eigenvalue weighted by Gasteiger charge is -2.18. The summed E-state index contributed by atoms with van der Waals surface area (Å²) in [5.74, 6) is 0.225. The second kappa shape index (κ2) is 5.52. The van der Waals surface area contributed by atoms with Crippen LogP contribution in [0, 0.1) is 0 Å². The summed E-state index contributed by atoms with van der Waals surface area (Å²) < 4.78 is 1.08. The molecular weight excluding hydrogens is 240 g/mol. The fraction of sp³-hybridized carbons (Fsp3) is 0.500. The summed E-state index contributed by atoms with van der Waals surface area (Å²) in [5.41, 5.74) is 1.20. The number of hydrogen-bond donors (Lipinski definition) is 1. The monoisotopic (exact) mass is 256 g/mol. The van der Waals surface area contributed by atoms with Crippen molar-refractivity contribution in [1.29, 1.82) is 0 Å². The van der Waals surface area contributed by atoms with Gasteiger partial charge < -0.3 is 5.11 Å². The van der Waals surface area contributed by atoms with Crippen LogP contribution in [-0.4, -0.2) is 11.2 Å². The molecule has 0 saturated heterocycles. The van der Waals surface area contributed by atoms with Crippen LogP contribution in [0.2, 0.25) is 0 Å². The maximum atomic E-state index is 9.83. The molecule has 1 aromatic rings. The van der Waals surface area contributed by atoms with Gasteiger partial charge in [-0.05, 0) is 24.1 Å². The van der Waals surface area contributed by atoms with E-state index in [9.17, 15) is 5.11 Å². The Morgan fingerprint density at radius 3 is 2.36 bits per heavy atom. The number of aliphatic hydroxyl groups excluding tert-OH is 1. The summed E-state index contributed by atoms with van der Waals surface area (Å²) in [6.07, 6.45) is 1.68. The molecule has 2 unspecified atom stereocenters. The van der Waals surface area contributed by atoms with Gasteiger partial charge in [0.2, 0.25) is 0 Å². The van der Waals surface area contributed by atoms with Crippen LogP contribution >= 0.6 is 15.9 Å². The van der Waals surface area contributed by atoms with E-state index < -0.39 is 0 Å². The standard InChI is InChI=1S/C12H17BrO/c1-3-4-12(14)9(2)10-5-7-11(13)8-6-10/h5-9,12,14H,3-4H2,1-2H3. The van der Waals surface area contributed by atoms with Crippen molar-refractivity contribution in [3.05, 3.63) is 34.3 Å². The zero-order chi connectivity index (χ0) is 10.6. The molecule has 0 amide bonds. The van der Waals surface area contributed by atoms with Gasteiger partial charge in [0.1, 0.15) is 0 Å². The first kappa shape index (κ1) is 11.7. The molecule has 0 aliphatic rings. The highest BCUT2D eigenvalue weighted by Gasteiger charge is 2.14. The van der Waals surface area contributed by atoms with E-state index in [-0.39, 0.29) is 12.0 Å². The van der Waals surface area contributed by atoms with Gasteiger partial charge >= 0.3 is 0 Å². The van der Waals surface area contributed by atoms with Gasteiger partial charge in [0.05, 0.1) is 6.10 Å². The van der Waals surface area contributed by atoms with E-state index in [4.69, 9.17) is 0 Å². The summed E-state index contributed by atoms with van der Waals surface area (Å²) in [6.45, 7) is 4.17. The van der Waals surface area contributed by atoms with Gasteiger partial charge in [-0.1, -0.05) is 48.3 Å². The molecule has 14 heavy (non-hydrogen) atoms. The number of halogens is 1. The van der Waals surface area contributed by atoms with Crippen LogP contribution in [0.25, 0.3) is 0 Å². The largest absolute Gasteiger partial charge is 0.393 e. The highest BCUT2D eigenvalue weighted by atomic mass is 79.9. The quantitative estimate of drug-likeness (QED) is 0.871. The van der Waals surface area contributed by atoms with E-state index in [1.54, 1.807) is 0 Å². The third-order valence-electron chi connectivity index (χ3n) is 2.56. The summed E-state index contributed by atoms with van der Waals surface area (Å²) in [7, 11) is 0. The average molecular weight is 257 g/mol. The molecule has 2 atom stereocenters. The zero-order valence-electron chi connectivity index (χ0n) is 8.70. The average Bonchev–Trinajstić information content (AvgIpc) is 2.18. The molecule has 0 spiro atoms. The van der Waals surface area contributed by atoms with E-state index in [1.165, 1.54) is 5.56 Å². The molecule has 0 aromatic heterocycles. The van der Waals surface area contributed by atoms with E-state index in [2.05, 4.69) is 41.9 Å². The lowest BCUT2D eigenvalue weighted by molar-refractivity contribution is 0.139. The Balaban J connectivity index is 2.68. The van der Waals surface area contributed by atoms with Crippen LogP contribution < -0.4 is 0 Å². The summed E-state index contributed by atoms with van der Waals surface area (Å²) in [6, 6.07) is 8.16. The first-order valence-electron chi connectivity index (χ1n) is 5.08. The second-order valence-electron chi connectivity index (χ2n) is 3.70. The van der Waals surface area contributed by atoms with Gasteiger partial charge in [-0.3, -0.25) is 0 Å². The third-order valence-corrected chi connectivity index (χ3v) is 3.09. The molecule has 0 bridgehead atoms. The molecule has 0 aliphatic carbocycles. The topological polar surface area (TPSA) is 20.2 Å². The van der Waals surface area contributed by atoms with E-state index >= 15 is 0 Å². The fourth-order valence-electron chi connectivity index (χ4n) is 1.53. The molecule has 1 nitrogen and oxygen atoms in total. The summed E-state index contributed by atoms with van der Waals surface area (Å²) in [4.78, 5) is 0. The first-order valence-corrected chi connectivity index (χ1v) is 5.88. The molecule has 78 valence electrons. The lowest BCUT2D eigenvalue weighted by atomic mass is 9.93. The van der Waals surface area contributed by atoms with Crippen LogP contribution in [-0.2, 0) is 0 Å². The number of aliphatic hydroxyl groups is 1. The highest BCUT2D eigenvalue weighted by Crippen LogP contribution is 2.23. The molecule has 2 heteroatoms. The van der Waals surface area contributed by atoms with Crippen molar-refractivity contribution in [1.82, 2.24) is 0 Å². The Kier molecular flexibility index (Phi) is 4.63. The molecule has 0 radical (unpaired) electrons. The zero-order valence-corrected chi connectivity index (χ0v) is 10.3. The Hall–Kier alpha value is -0.340. The molecule has 1 rings (SSSR count). The minimum Gasteiger partial charge on any atom is -0.393 e. The summed E-state index contributed by atoms with van der Waals surface area (Å²) in [5, 5.41) is 9.83. The maximum absolute atomic E-state index is 9.83. The van der Waals surface area contributed by atoms with Crippen molar-refractivity contribution in [2.24, 2.45) is 0 Å². The molecule has 1 N–H and O–H groups in total. The van der Waals surface area contributed by atoms with Crippen LogP contribution in [0.4, 0.5) is 0 Å². The van der Waals surface area contributed by atoms with Crippen molar-refractivity contribution in [3.8, 4) is 0 Å². The normalized spacial score (nSPS) is 15.1. The molecule has 0 fully saturated rings. The Morgan fingerprint density at radius 2 is 1.86 bits per heavy atom. The molecule has 0 heterocycles. The molecule has 0 aliphatic heterocycles. The van der Waals surface area contributed by atoms with Crippen LogP contribution in [0.5, 0.6) is 0 Å². The maximum Gasteiger partial charge on any atom is 0.0606 e.